The van der Waals surface area contributed by atoms with Gasteiger partial charge < -0.3 is 9.50 Å². The zero-order chi connectivity index (χ0) is 10.8. The molecule has 0 bridgehead atoms. The molecule has 14 heavy (non-hydrogen) atoms. The monoisotopic (exact) mass is 238 g/mol. The van der Waals surface area contributed by atoms with E-state index < -0.39 is 10.4 Å². The molecule has 0 atom stereocenters. The largest absolute Gasteiger partial charge is 0.446 e. The summed E-state index contributed by atoms with van der Waals surface area (Å²) in [7, 11) is -3.00. The van der Waals surface area contributed by atoms with E-state index in [0.717, 1.165) is 0 Å². The number of halogens is 1. The van der Waals surface area contributed by atoms with Crippen LogP contribution in [0.5, 0.6) is 5.75 Å². The van der Waals surface area contributed by atoms with Gasteiger partial charge >= 0.3 is 10.4 Å². The van der Waals surface area contributed by atoms with Crippen LogP contribution in [0.4, 0.5) is 5.82 Å². The van der Waals surface area contributed by atoms with E-state index in [2.05, 4.69) is 14.5 Å². The van der Waals surface area contributed by atoms with Crippen molar-refractivity contribution in [1.82, 2.24) is 4.98 Å². The summed E-state index contributed by atoms with van der Waals surface area (Å²) < 4.78 is 33.4. The van der Waals surface area contributed by atoms with E-state index in [9.17, 15) is 8.42 Å². The molecule has 0 saturated carbocycles. The number of nitrogens with zero attached hydrogens (tertiary/aromatic N) is 1. The molecular formula is C6H7ClN2O4S. The zero-order valence-corrected chi connectivity index (χ0v) is 8.63. The number of aromatic nitrogens is 1. The molecule has 0 unspecified atom stereocenters. The fourth-order valence-corrected chi connectivity index (χ4v) is 1.43. The zero-order valence-electron chi connectivity index (χ0n) is 7.06. The summed E-state index contributed by atoms with van der Waals surface area (Å²) in [4.78, 5) is 3.79. The van der Waals surface area contributed by atoms with E-state index in [4.69, 9.17) is 16.2 Å². The van der Waals surface area contributed by atoms with Crippen LogP contribution in [-0.4, -0.2) is 25.0 Å². The standard InChI is InChI=1S/C6H7ClN2O4S/c1-8-6-5(7)4(2-3-9-6)13-14(10,11)12/h2-3H,1H3,(H,8,9)(H,10,11,12). The molecule has 0 amide bonds. The highest BCUT2D eigenvalue weighted by Crippen LogP contribution is 2.30. The van der Waals surface area contributed by atoms with E-state index in [1.807, 2.05) is 0 Å². The van der Waals surface area contributed by atoms with Crippen LogP contribution in [0.3, 0.4) is 0 Å². The third kappa shape index (κ3) is 2.72. The summed E-state index contributed by atoms with van der Waals surface area (Å²) in [5.74, 6) is 0.0707. The lowest BCUT2D eigenvalue weighted by atomic mass is 10.4. The minimum Gasteiger partial charge on any atom is -0.372 e. The van der Waals surface area contributed by atoms with Crippen molar-refractivity contribution in [3.05, 3.63) is 17.3 Å². The average molecular weight is 239 g/mol. The molecule has 0 aliphatic heterocycles. The number of nitrogens with one attached hydrogen (secondary N) is 1. The summed E-state index contributed by atoms with van der Waals surface area (Å²) in [6.07, 6.45) is 1.29. The Bertz CT molecular complexity index is 433. The molecule has 2 N–H and O–H groups in total. The summed E-state index contributed by atoms with van der Waals surface area (Å²) in [6, 6.07) is 1.22. The molecule has 1 aromatic heterocycles. The van der Waals surface area contributed by atoms with Gasteiger partial charge in [0.1, 0.15) is 10.8 Å². The molecular weight excluding hydrogens is 232 g/mol. The van der Waals surface area contributed by atoms with Gasteiger partial charge in [0.05, 0.1) is 0 Å². The van der Waals surface area contributed by atoms with Crippen LogP contribution in [0.25, 0.3) is 0 Å². The Labute approximate surface area is 85.8 Å². The van der Waals surface area contributed by atoms with Gasteiger partial charge in [-0.2, -0.15) is 8.42 Å². The molecule has 0 radical (unpaired) electrons. The van der Waals surface area contributed by atoms with Crippen molar-refractivity contribution in [3.63, 3.8) is 0 Å². The predicted octanol–water partition coefficient (Wildman–Crippen LogP) is 0.958. The minimum absolute atomic E-state index is 0.0207. The Kier molecular flexibility index (Phi) is 3.14. The maximum atomic E-state index is 10.4. The topological polar surface area (TPSA) is 88.5 Å². The van der Waals surface area contributed by atoms with Crippen LogP contribution in [0, 0.1) is 0 Å². The van der Waals surface area contributed by atoms with Gasteiger partial charge in [0.2, 0.25) is 0 Å². The highest BCUT2D eigenvalue weighted by Gasteiger charge is 2.13. The lowest BCUT2D eigenvalue weighted by molar-refractivity contribution is 0.387. The highest BCUT2D eigenvalue weighted by atomic mass is 35.5. The lowest BCUT2D eigenvalue weighted by Crippen LogP contribution is -2.07. The third-order valence-electron chi connectivity index (χ3n) is 1.29. The number of rotatable bonds is 3. The second-order valence-corrected chi connectivity index (χ2v) is 3.63. The quantitative estimate of drug-likeness (QED) is 0.763. The molecule has 6 nitrogen and oxygen atoms in total. The fraction of sp³-hybridized carbons (Fsp3) is 0.167. The van der Waals surface area contributed by atoms with Crippen LogP contribution < -0.4 is 9.50 Å². The molecule has 0 aliphatic rings. The summed E-state index contributed by atoms with van der Waals surface area (Å²) in [6.45, 7) is 0. The number of hydrogen-bond donors (Lipinski definition) is 2. The van der Waals surface area contributed by atoms with Gasteiger partial charge in [-0.25, -0.2) is 4.98 Å². The molecule has 8 heteroatoms. The smallest absolute Gasteiger partial charge is 0.372 e. The van der Waals surface area contributed by atoms with E-state index >= 15 is 0 Å². The molecule has 78 valence electrons. The second kappa shape index (κ2) is 3.99. The van der Waals surface area contributed by atoms with Gasteiger partial charge in [-0.05, 0) is 0 Å². The maximum absolute atomic E-state index is 10.4. The lowest BCUT2D eigenvalue weighted by Gasteiger charge is -2.06. The summed E-state index contributed by atoms with van der Waals surface area (Å²) in [5, 5.41) is 2.60. The average Bonchev–Trinajstić information content (AvgIpc) is 2.06. The first-order valence-electron chi connectivity index (χ1n) is 3.43. The molecule has 0 fully saturated rings. The van der Waals surface area contributed by atoms with Crippen molar-refractivity contribution < 1.29 is 17.2 Å². The molecule has 1 heterocycles. The van der Waals surface area contributed by atoms with Gasteiger partial charge in [0, 0.05) is 19.3 Å². The normalized spacial score (nSPS) is 11.1. The van der Waals surface area contributed by atoms with Gasteiger partial charge in [-0.15, -0.1) is 0 Å². The van der Waals surface area contributed by atoms with Gasteiger partial charge in [-0.1, -0.05) is 11.6 Å². The van der Waals surface area contributed by atoms with Gasteiger partial charge in [0.25, 0.3) is 0 Å². The molecule has 0 spiro atoms. The van der Waals surface area contributed by atoms with Gasteiger partial charge in [-0.3, -0.25) is 4.55 Å². The van der Waals surface area contributed by atoms with E-state index in [-0.39, 0.29) is 16.6 Å². The van der Waals surface area contributed by atoms with Gasteiger partial charge in [0.15, 0.2) is 5.75 Å². The van der Waals surface area contributed by atoms with E-state index in [1.165, 1.54) is 12.3 Å². The first kappa shape index (κ1) is 11.0. The SMILES string of the molecule is CNc1nccc(OS(=O)(=O)O)c1Cl. The summed E-state index contributed by atoms with van der Waals surface area (Å²) >= 11 is 5.69. The fourth-order valence-electron chi connectivity index (χ4n) is 0.778. The first-order chi connectivity index (χ1) is 6.44. The molecule has 1 rings (SSSR count). The summed E-state index contributed by atoms with van der Waals surface area (Å²) in [5.41, 5.74) is 0. The minimum atomic E-state index is -4.56. The highest BCUT2D eigenvalue weighted by molar-refractivity contribution is 7.81. The van der Waals surface area contributed by atoms with Crippen LogP contribution in [0.15, 0.2) is 12.3 Å². The predicted molar refractivity (Wildman–Crippen MR) is 51.0 cm³/mol. The molecule has 0 aliphatic carbocycles. The third-order valence-corrected chi connectivity index (χ3v) is 2.04. The van der Waals surface area contributed by atoms with Crippen molar-refractivity contribution >= 4 is 27.8 Å². The Morgan fingerprint density at radius 1 is 1.64 bits per heavy atom. The molecule has 0 aromatic carbocycles. The number of hydrogen-bond acceptors (Lipinski definition) is 5. The first-order valence-corrected chi connectivity index (χ1v) is 5.17. The number of anilines is 1. The van der Waals surface area contributed by atoms with Crippen molar-refractivity contribution in [2.75, 3.05) is 12.4 Å². The van der Waals surface area contributed by atoms with E-state index in [1.54, 1.807) is 7.05 Å². The Balaban J connectivity index is 3.10. The Hall–Kier alpha value is -1.05. The van der Waals surface area contributed by atoms with Crippen molar-refractivity contribution in [2.45, 2.75) is 0 Å². The van der Waals surface area contributed by atoms with Crippen LogP contribution >= 0.6 is 11.6 Å². The second-order valence-electron chi connectivity index (χ2n) is 2.23. The molecule has 0 saturated heterocycles. The number of pyridine rings is 1. The van der Waals surface area contributed by atoms with Crippen molar-refractivity contribution in [2.24, 2.45) is 0 Å². The van der Waals surface area contributed by atoms with Crippen molar-refractivity contribution in [1.29, 1.82) is 0 Å². The van der Waals surface area contributed by atoms with Crippen LogP contribution in [0.1, 0.15) is 0 Å². The molecule has 1 aromatic rings. The van der Waals surface area contributed by atoms with Crippen LogP contribution in [-0.2, 0) is 10.4 Å². The van der Waals surface area contributed by atoms with E-state index in [0.29, 0.717) is 0 Å². The Morgan fingerprint density at radius 3 is 2.79 bits per heavy atom. The maximum Gasteiger partial charge on any atom is 0.446 e. The van der Waals surface area contributed by atoms with Crippen LogP contribution in [0.2, 0.25) is 5.02 Å². The Morgan fingerprint density at radius 2 is 2.29 bits per heavy atom. The van der Waals surface area contributed by atoms with Crippen molar-refractivity contribution in [3.8, 4) is 5.75 Å².